The number of esters is 1. The number of piperidine rings is 1. The minimum atomic E-state index is -0.605. The normalized spacial score (nSPS) is 15.9. The maximum atomic E-state index is 12.4. The van der Waals surface area contributed by atoms with Gasteiger partial charge in [-0.1, -0.05) is 54.6 Å². The Morgan fingerprint density at radius 1 is 0.935 bits per heavy atom. The fourth-order valence-corrected chi connectivity index (χ4v) is 3.58. The van der Waals surface area contributed by atoms with Gasteiger partial charge in [-0.2, -0.15) is 0 Å². The molecule has 0 saturated carbocycles. The van der Waals surface area contributed by atoms with Crippen molar-refractivity contribution < 1.29 is 23.9 Å². The highest BCUT2D eigenvalue weighted by Crippen LogP contribution is 2.20. The Hall–Kier alpha value is -3.48. The van der Waals surface area contributed by atoms with E-state index in [-0.39, 0.29) is 37.0 Å². The molecule has 2 N–H and O–H groups in total. The maximum absolute atomic E-state index is 12.4. The van der Waals surface area contributed by atoms with Gasteiger partial charge in [0.05, 0.1) is 12.3 Å². The average Bonchev–Trinajstić information content (AvgIpc) is 2.81. The van der Waals surface area contributed by atoms with Gasteiger partial charge in [0.15, 0.2) is 12.4 Å². The third-order valence-corrected chi connectivity index (χ3v) is 5.40. The van der Waals surface area contributed by atoms with Crippen LogP contribution in [0.15, 0.2) is 54.6 Å². The van der Waals surface area contributed by atoms with Crippen LogP contribution in [0, 0.1) is 5.92 Å². The predicted molar refractivity (Wildman–Crippen MR) is 115 cm³/mol. The van der Waals surface area contributed by atoms with E-state index >= 15 is 0 Å². The molecule has 1 fully saturated rings. The van der Waals surface area contributed by atoms with Crippen LogP contribution in [-0.2, 0) is 19.1 Å². The quantitative estimate of drug-likeness (QED) is 0.520. The van der Waals surface area contributed by atoms with E-state index < -0.39 is 18.5 Å². The fraction of sp³-hybridized carbons (Fsp3) is 0.333. The van der Waals surface area contributed by atoms with Crippen LogP contribution in [0.4, 0.5) is 0 Å². The maximum Gasteiger partial charge on any atom is 0.306 e. The standard InChI is InChI=1S/C24H26N2O5/c25-24(30)20-7-4-14-26(15-20)22(28)16-31-23(29)13-12-21(27)19-10-8-18(9-11-19)17-5-2-1-3-6-17/h1-3,5-6,8-11,20H,4,7,12-16H2,(H2,25,30)/t20-/m1/s1. The number of hydrogen-bond donors (Lipinski definition) is 1. The summed E-state index contributed by atoms with van der Waals surface area (Å²) in [6.07, 6.45) is 1.25. The monoisotopic (exact) mass is 422 g/mol. The molecule has 0 aliphatic carbocycles. The molecule has 2 aromatic carbocycles. The Kier molecular flexibility index (Phi) is 7.54. The van der Waals surface area contributed by atoms with Crippen LogP contribution in [0.1, 0.15) is 36.0 Å². The molecule has 7 heteroatoms. The molecule has 1 aliphatic rings. The largest absolute Gasteiger partial charge is 0.456 e. The second-order valence-corrected chi connectivity index (χ2v) is 7.61. The van der Waals surface area contributed by atoms with E-state index in [4.69, 9.17) is 10.5 Å². The van der Waals surface area contributed by atoms with E-state index in [1.54, 1.807) is 12.1 Å². The summed E-state index contributed by atoms with van der Waals surface area (Å²) in [5, 5.41) is 0. The van der Waals surface area contributed by atoms with Gasteiger partial charge in [0, 0.05) is 25.1 Å². The van der Waals surface area contributed by atoms with Crippen LogP contribution >= 0.6 is 0 Å². The lowest BCUT2D eigenvalue weighted by atomic mass is 9.97. The minimum Gasteiger partial charge on any atom is -0.456 e. The van der Waals surface area contributed by atoms with Crippen molar-refractivity contribution in [3.05, 3.63) is 60.2 Å². The SMILES string of the molecule is NC(=O)[C@@H]1CCCN(C(=O)COC(=O)CCC(=O)c2ccc(-c3ccccc3)cc2)C1. The van der Waals surface area contributed by atoms with Crippen LogP contribution in [0.5, 0.6) is 0 Å². The number of Topliss-reactive ketones (excluding diaryl/α,β-unsaturated/α-hetero) is 1. The van der Waals surface area contributed by atoms with Crippen molar-refractivity contribution in [2.75, 3.05) is 19.7 Å². The van der Waals surface area contributed by atoms with Gasteiger partial charge in [-0.25, -0.2) is 0 Å². The van der Waals surface area contributed by atoms with Crippen molar-refractivity contribution in [2.24, 2.45) is 11.7 Å². The first-order chi connectivity index (χ1) is 14.9. The number of rotatable bonds is 8. The smallest absolute Gasteiger partial charge is 0.306 e. The van der Waals surface area contributed by atoms with E-state index in [0.29, 0.717) is 24.9 Å². The number of carbonyl (C=O) groups excluding carboxylic acids is 4. The van der Waals surface area contributed by atoms with E-state index in [1.165, 1.54) is 4.90 Å². The topological polar surface area (TPSA) is 107 Å². The summed E-state index contributed by atoms with van der Waals surface area (Å²) in [6, 6.07) is 17.1. The molecule has 31 heavy (non-hydrogen) atoms. The Labute approximate surface area is 181 Å². The number of ether oxygens (including phenoxy) is 1. The van der Waals surface area contributed by atoms with Crippen molar-refractivity contribution in [3.8, 4) is 11.1 Å². The van der Waals surface area contributed by atoms with Gasteiger partial charge < -0.3 is 15.4 Å². The molecule has 0 aromatic heterocycles. The molecule has 1 atom stereocenters. The number of benzene rings is 2. The number of amides is 2. The second-order valence-electron chi connectivity index (χ2n) is 7.61. The summed E-state index contributed by atoms with van der Waals surface area (Å²) in [6.45, 7) is 0.366. The number of nitrogens with two attached hydrogens (primary N) is 1. The molecular formula is C24H26N2O5. The van der Waals surface area contributed by atoms with E-state index in [9.17, 15) is 19.2 Å². The molecule has 2 aromatic rings. The van der Waals surface area contributed by atoms with Gasteiger partial charge in [-0.15, -0.1) is 0 Å². The minimum absolute atomic E-state index is 0.00513. The molecule has 0 spiro atoms. The lowest BCUT2D eigenvalue weighted by molar-refractivity contribution is -0.153. The summed E-state index contributed by atoms with van der Waals surface area (Å²) in [4.78, 5) is 49.3. The molecule has 3 rings (SSSR count). The molecule has 162 valence electrons. The number of carbonyl (C=O) groups is 4. The van der Waals surface area contributed by atoms with Crippen molar-refractivity contribution in [2.45, 2.75) is 25.7 Å². The van der Waals surface area contributed by atoms with Crippen LogP contribution in [-0.4, -0.2) is 48.2 Å². The highest BCUT2D eigenvalue weighted by molar-refractivity contribution is 5.98. The van der Waals surface area contributed by atoms with Crippen LogP contribution in [0.2, 0.25) is 0 Å². The number of hydrogen-bond acceptors (Lipinski definition) is 5. The van der Waals surface area contributed by atoms with E-state index in [0.717, 1.165) is 11.1 Å². The second kappa shape index (κ2) is 10.5. The molecule has 1 saturated heterocycles. The molecule has 1 heterocycles. The van der Waals surface area contributed by atoms with Crippen LogP contribution in [0.25, 0.3) is 11.1 Å². The summed E-state index contributed by atoms with van der Waals surface area (Å²) < 4.78 is 5.02. The molecule has 1 aliphatic heterocycles. The molecule has 0 bridgehead atoms. The van der Waals surface area contributed by atoms with Crippen molar-refractivity contribution in [1.29, 1.82) is 0 Å². The molecule has 2 amide bonds. The van der Waals surface area contributed by atoms with Crippen molar-refractivity contribution in [1.82, 2.24) is 4.90 Å². The first-order valence-electron chi connectivity index (χ1n) is 10.4. The lowest BCUT2D eigenvalue weighted by Gasteiger charge is -2.31. The highest BCUT2D eigenvalue weighted by atomic mass is 16.5. The first kappa shape index (κ1) is 22.2. The van der Waals surface area contributed by atoms with Gasteiger partial charge in [0.2, 0.25) is 5.91 Å². The third kappa shape index (κ3) is 6.25. The summed E-state index contributed by atoms with van der Waals surface area (Å²) in [7, 11) is 0. The molecule has 0 radical (unpaired) electrons. The van der Waals surface area contributed by atoms with Crippen molar-refractivity contribution in [3.63, 3.8) is 0 Å². The average molecular weight is 422 g/mol. The summed E-state index contributed by atoms with van der Waals surface area (Å²) in [5.74, 6) is -1.92. The first-order valence-corrected chi connectivity index (χ1v) is 10.4. The van der Waals surface area contributed by atoms with Gasteiger partial charge in [-0.05, 0) is 24.0 Å². The van der Waals surface area contributed by atoms with E-state index in [2.05, 4.69) is 0 Å². The number of nitrogens with zero attached hydrogens (tertiary/aromatic N) is 1. The number of likely N-dealkylation sites (tertiary alicyclic amines) is 1. The number of primary amides is 1. The van der Waals surface area contributed by atoms with Gasteiger partial charge >= 0.3 is 5.97 Å². The zero-order chi connectivity index (χ0) is 22.2. The van der Waals surface area contributed by atoms with Gasteiger partial charge in [0.25, 0.3) is 5.91 Å². The number of ketones is 1. The Morgan fingerprint density at radius 3 is 2.29 bits per heavy atom. The van der Waals surface area contributed by atoms with Gasteiger partial charge in [-0.3, -0.25) is 19.2 Å². The van der Waals surface area contributed by atoms with Crippen LogP contribution in [0.3, 0.4) is 0 Å². The fourth-order valence-electron chi connectivity index (χ4n) is 3.58. The van der Waals surface area contributed by atoms with E-state index in [1.807, 2.05) is 42.5 Å². The zero-order valence-corrected chi connectivity index (χ0v) is 17.3. The Balaban J connectivity index is 1.42. The third-order valence-electron chi connectivity index (χ3n) is 5.40. The molecule has 7 nitrogen and oxygen atoms in total. The lowest BCUT2D eigenvalue weighted by Crippen LogP contribution is -2.45. The summed E-state index contributed by atoms with van der Waals surface area (Å²) >= 11 is 0. The Morgan fingerprint density at radius 2 is 1.61 bits per heavy atom. The molecule has 0 unspecified atom stereocenters. The Bertz CT molecular complexity index is 940. The highest BCUT2D eigenvalue weighted by Gasteiger charge is 2.27. The van der Waals surface area contributed by atoms with Crippen molar-refractivity contribution >= 4 is 23.6 Å². The van der Waals surface area contributed by atoms with Gasteiger partial charge in [0.1, 0.15) is 0 Å². The van der Waals surface area contributed by atoms with Crippen LogP contribution < -0.4 is 5.73 Å². The zero-order valence-electron chi connectivity index (χ0n) is 17.3. The molecular weight excluding hydrogens is 396 g/mol. The predicted octanol–water partition coefficient (Wildman–Crippen LogP) is 2.58. The summed E-state index contributed by atoms with van der Waals surface area (Å²) in [5.41, 5.74) is 7.90.